The number of rotatable bonds is 6. The summed E-state index contributed by atoms with van der Waals surface area (Å²) in [6.45, 7) is 1.71. The highest BCUT2D eigenvalue weighted by Gasteiger charge is 2.61. The Balaban J connectivity index is 1.55. The Morgan fingerprint density at radius 3 is 2.57 bits per heavy atom. The summed E-state index contributed by atoms with van der Waals surface area (Å²) >= 11 is 0. The molecule has 1 atom stereocenters. The van der Waals surface area contributed by atoms with Gasteiger partial charge in [-0.1, -0.05) is 6.07 Å². The number of fused-ring (bicyclic) bond motifs is 1. The number of anilines is 3. The second-order valence-electron chi connectivity index (χ2n) is 8.56. The lowest BCUT2D eigenvalue weighted by Gasteiger charge is -2.14. The second kappa shape index (κ2) is 7.83. The maximum Gasteiger partial charge on any atom is 0.260 e. The Kier molecular flexibility index (Phi) is 5.13. The molecule has 182 valence electrons. The van der Waals surface area contributed by atoms with Crippen LogP contribution in [0.3, 0.4) is 0 Å². The molecule has 10 nitrogen and oxygen atoms in total. The van der Waals surface area contributed by atoms with Crippen molar-refractivity contribution < 1.29 is 22.0 Å². The van der Waals surface area contributed by atoms with Crippen LogP contribution in [-0.2, 0) is 21.7 Å². The van der Waals surface area contributed by atoms with Crippen molar-refractivity contribution >= 4 is 44.1 Å². The first kappa shape index (κ1) is 22.9. The Bertz CT molecular complexity index is 1590. The van der Waals surface area contributed by atoms with Crippen molar-refractivity contribution in [1.29, 1.82) is 0 Å². The van der Waals surface area contributed by atoms with Crippen molar-refractivity contribution in [3.8, 4) is 11.3 Å². The van der Waals surface area contributed by atoms with Gasteiger partial charge in [0.15, 0.2) is 15.5 Å². The standard InChI is InChI=1S/C22H21F2N7O3S/c1-11-25-19-16(9-18(28-20(19)26-11)29-21(32)13-10-22(13,23)24)27-15-5-4-12(8-17(15)35(3,33)34)14-6-7-31(2)30-14/h4-9,13H,10H2,1-3H3,(H3,25,26,27,28,29,32)/t13-/m0/s1. The maximum absolute atomic E-state index is 13.3. The van der Waals surface area contributed by atoms with Crippen LogP contribution < -0.4 is 10.6 Å². The van der Waals surface area contributed by atoms with Gasteiger partial charge in [-0.25, -0.2) is 27.2 Å². The first-order chi connectivity index (χ1) is 16.4. The number of hydrogen-bond donors (Lipinski definition) is 3. The fraction of sp³-hybridized carbons (Fsp3) is 0.273. The van der Waals surface area contributed by atoms with Crippen molar-refractivity contribution in [1.82, 2.24) is 24.7 Å². The van der Waals surface area contributed by atoms with Crippen LogP contribution >= 0.6 is 0 Å². The van der Waals surface area contributed by atoms with E-state index in [2.05, 4.69) is 30.7 Å². The van der Waals surface area contributed by atoms with E-state index in [4.69, 9.17) is 0 Å². The molecule has 1 fully saturated rings. The summed E-state index contributed by atoms with van der Waals surface area (Å²) in [5.74, 6) is -4.68. The van der Waals surface area contributed by atoms with Gasteiger partial charge in [-0.2, -0.15) is 5.10 Å². The average molecular weight is 502 g/mol. The molecule has 3 aromatic heterocycles. The van der Waals surface area contributed by atoms with E-state index in [1.54, 1.807) is 43.0 Å². The molecular weight excluding hydrogens is 480 g/mol. The van der Waals surface area contributed by atoms with Crippen molar-refractivity contribution in [2.75, 3.05) is 16.9 Å². The summed E-state index contributed by atoms with van der Waals surface area (Å²) in [5, 5.41) is 9.80. The average Bonchev–Trinajstić information content (AvgIpc) is 3.06. The zero-order valence-corrected chi connectivity index (χ0v) is 19.7. The minimum atomic E-state index is -3.66. The van der Waals surface area contributed by atoms with Crippen LogP contribution in [0.2, 0.25) is 0 Å². The molecule has 5 rings (SSSR count). The molecule has 0 unspecified atom stereocenters. The van der Waals surface area contributed by atoms with E-state index in [1.165, 1.54) is 12.1 Å². The molecule has 0 aliphatic heterocycles. The van der Waals surface area contributed by atoms with Gasteiger partial charge in [0.25, 0.3) is 5.92 Å². The van der Waals surface area contributed by atoms with E-state index in [9.17, 15) is 22.0 Å². The summed E-state index contributed by atoms with van der Waals surface area (Å²) in [6, 6.07) is 8.05. The van der Waals surface area contributed by atoms with Crippen LogP contribution in [-0.4, -0.2) is 51.2 Å². The first-order valence-corrected chi connectivity index (χ1v) is 12.5. The van der Waals surface area contributed by atoms with Gasteiger partial charge in [0.1, 0.15) is 23.1 Å². The molecule has 1 aliphatic rings. The Labute approximate surface area is 198 Å². The molecular formula is C22H21F2N7O3S. The summed E-state index contributed by atoms with van der Waals surface area (Å²) in [7, 11) is -1.90. The number of carbonyl (C=O) groups is 1. The van der Waals surface area contributed by atoms with Crippen LogP contribution in [0.4, 0.5) is 26.0 Å². The molecule has 35 heavy (non-hydrogen) atoms. The number of benzene rings is 1. The van der Waals surface area contributed by atoms with Gasteiger partial charge >= 0.3 is 0 Å². The normalized spacial score (nSPS) is 16.9. The zero-order valence-electron chi connectivity index (χ0n) is 18.9. The second-order valence-corrected chi connectivity index (χ2v) is 10.5. The molecule has 0 radical (unpaired) electrons. The largest absolute Gasteiger partial charge is 0.352 e. The van der Waals surface area contributed by atoms with Crippen molar-refractivity contribution in [2.45, 2.75) is 24.2 Å². The highest BCUT2D eigenvalue weighted by atomic mass is 32.2. The van der Waals surface area contributed by atoms with Gasteiger partial charge in [-0.05, 0) is 25.1 Å². The predicted molar refractivity (Wildman–Crippen MR) is 125 cm³/mol. The number of halogens is 2. The number of aromatic nitrogens is 5. The summed E-state index contributed by atoms with van der Waals surface area (Å²) in [4.78, 5) is 23.8. The number of carbonyl (C=O) groups excluding carboxylic acids is 1. The minimum absolute atomic E-state index is 0.0288. The monoisotopic (exact) mass is 501 g/mol. The van der Waals surface area contributed by atoms with E-state index in [0.717, 1.165) is 6.26 Å². The summed E-state index contributed by atoms with van der Waals surface area (Å²) in [6.07, 6.45) is 2.34. The number of aryl methyl sites for hydroxylation is 2. The predicted octanol–water partition coefficient (Wildman–Crippen LogP) is 3.41. The SMILES string of the molecule is Cc1nc2c(Nc3ccc(-c4ccn(C)n4)cc3S(C)(=O)=O)cc(NC(=O)[C@@H]3CC3(F)F)nc2[nH]1. The number of nitrogens with zero attached hydrogens (tertiary/aromatic N) is 4. The number of sulfone groups is 1. The molecule has 4 aromatic rings. The van der Waals surface area contributed by atoms with Crippen molar-refractivity contribution in [3.05, 3.63) is 42.4 Å². The molecule has 3 N–H and O–H groups in total. The number of nitrogens with one attached hydrogen (secondary N) is 3. The molecule has 0 saturated heterocycles. The summed E-state index contributed by atoms with van der Waals surface area (Å²) < 4.78 is 53.5. The topological polar surface area (TPSA) is 135 Å². The lowest BCUT2D eigenvalue weighted by atomic mass is 10.1. The van der Waals surface area contributed by atoms with Gasteiger partial charge < -0.3 is 15.6 Å². The maximum atomic E-state index is 13.3. The van der Waals surface area contributed by atoms with Gasteiger partial charge in [-0.15, -0.1) is 0 Å². The third-order valence-electron chi connectivity index (χ3n) is 5.63. The zero-order chi connectivity index (χ0) is 25.1. The van der Waals surface area contributed by atoms with E-state index in [-0.39, 0.29) is 16.4 Å². The number of imidazole rings is 1. The third kappa shape index (κ3) is 4.46. The quantitative estimate of drug-likeness (QED) is 0.369. The number of alkyl halides is 2. The molecule has 13 heteroatoms. The molecule has 1 amide bonds. The van der Waals surface area contributed by atoms with Crippen LogP contribution in [0.15, 0.2) is 41.4 Å². The van der Waals surface area contributed by atoms with E-state index < -0.39 is 34.0 Å². The van der Waals surface area contributed by atoms with E-state index in [1.807, 2.05) is 0 Å². The van der Waals surface area contributed by atoms with Gasteiger partial charge in [-0.3, -0.25) is 9.48 Å². The highest BCUT2D eigenvalue weighted by Crippen LogP contribution is 2.49. The fourth-order valence-electron chi connectivity index (χ4n) is 3.78. The fourth-order valence-corrected chi connectivity index (χ4v) is 4.64. The molecule has 1 aliphatic carbocycles. The number of hydrogen-bond acceptors (Lipinski definition) is 7. The van der Waals surface area contributed by atoms with Gasteiger partial charge in [0.2, 0.25) is 5.91 Å². The first-order valence-electron chi connectivity index (χ1n) is 10.6. The molecule has 3 heterocycles. The lowest BCUT2D eigenvalue weighted by molar-refractivity contribution is -0.119. The Morgan fingerprint density at radius 1 is 1.20 bits per heavy atom. The van der Waals surface area contributed by atoms with Gasteiger partial charge in [0.05, 0.1) is 22.0 Å². The van der Waals surface area contributed by atoms with Crippen LogP contribution in [0, 0.1) is 12.8 Å². The number of pyridine rings is 1. The summed E-state index contributed by atoms with van der Waals surface area (Å²) in [5.41, 5.74) is 2.53. The molecule has 1 aromatic carbocycles. The van der Waals surface area contributed by atoms with Crippen LogP contribution in [0.25, 0.3) is 22.4 Å². The van der Waals surface area contributed by atoms with Crippen LogP contribution in [0.1, 0.15) is 12.2 Å². The molecule has 0 bridgehead atoms. The highest BCUT2D eigenvalue weighted by molar-refractivity contribution is 7.90. The Hall–Kier alpha value is -3.87. The third-order valence-corrected chi connectivity index (χ3v) is 6.76. The number of amides is 1. The van der Waals surface area contributed by atoms with Crippen LogP contribution in [0.5, 0.6) is 0 Å². The molecule has 1 saturated carbocycles. The van der Waals surface area contributed by atoms with E-state index >= 15 is 0 Å². The Morgan fingerprint density at radius 2 is 1.94 bits per heavy atom. The smallest absolute Gasteiger partial charge is 0.260 e. The van der Waals surface area contributed by atoms with E-state index in [0.29, 0.717) is 33.9 Å². The number of H-pyrrole nitrogens is 1. The minimum Gasteiger partial charge on any atom is -0.352 e. The van der Waals surface area contributed by atoms with Crippen molar-refractivity contribution in [3.63, 3.8) is 0 Å². The lowest BCUT2D eigenvalue weighted by Crippen LogP contribution is -2.18. The molecule has 0 spiro atoms. The number of aromatic amines is 1. The van der Waals surface area contributed by atoms with Crippen molar-refractivity contribution in [2.24, 2.45) is 13.0 Å². The van der Waals surface area contributed by atoms with Gasteiger partial charge in [0, 0.05) is 37.6 Å².